The molecule has 0 bridgehead atoms. The highest BCUT2D eigenvalue weighted by molar-refractivity contribution is 5.91. The molecule has 2 amide bonds. The van der Waals surface area contributed by atoms with Gasteiger partial charge in [-0.1, -0.05) is 106 Å². The van der Waals surface area contributed by atoms with E-state index >= 15 is 0 Å². The van der Waals surface area contributed by atoms with Crippen molar-refractivity contribution in [3.05, 3.63) is 28.8 Å². The zero-order valence-corrected chi connectivity index (χ0v) is 28.3. The van der Waals surface area contributed by atoms with Crippen molar-refractivity contribution in [1.82, 2.24) is 15.5 Å². The van der Waals surface area contributed by atoms with Gasteiger partial charge in [-0.2, -0.15) is 0 Å². The van der Waals surface area contributed by atoms with Crippen LogP contribution in [-0.4, -0.2) is 45.6 Å². The highest BCUT2D eigenvalue weighted by Gasteiger charge is 2.53. The number of carbonyl (C=O) groups is 2. The van der Waals surface area contributed by atoms with Crippen LogP contribution in [0.15, 0.2) is 12.1 Å². The molecule has 0 radical (unpaired) electrons. The van der Waals surface area contributed by atoms with Gasteiger partial charge in [0, 0.05) is 12.1 Å². The molecular weight excluding hydrogens is 522 g/mol. The van der Waals surface area contributed by atoms with Gasteiger partial charge < -0.3 is 15.3 Å². The minimum absolute atomic E-state index is 0.0214. The van der Waals surface area contributed by atoms with E-state index in [9.17, 15) is 14.7 Å². The molecule has 3 aliphatic rings. The average Bonchev–Trinajstić information content (AvgIpc) is 2.88. The fraction of sp³-hybridized carbons (Fsp3) is 0.778. The van der Waals surface area contributed by atoms with Gasteiger partial charge in [0.2, 0.25) is 11.8 Å². The normalized spacial score (nSPS) is 23.2. The SMILES string of the molecule is CC(C)C(NC(=O)C1(c2cc(C(C)(C)C)c(O)c(C(C)(C)C)c2)CCCCC1)N1CC(C)(C)NC2(CCCCC2)C1=O. The summed E-state index contributed by atoms with van der Waals surface area (Å²) in [6.07, 6.45) is 9.23. The summed E-state index contributed by atoms with van der Waals surface area (Å²) in [5, 5.41) is 18.7. The third kappa shape index (κ3) is 6.25. The second kappa shape index (κ2) is 11.4. The summed E-state index contributed by atoms with van der Waals surface area (Å²) in [6.45, 7) is 21.9. The van der Waals surface area contributed by atoms with Crippen molar-refractivity contribution >= 4 is 11.8 Å². The third-order valence-corrected chi connectivity index (χ3v) is 10.2. The van der Waals surface area contributed by atoms with E-state index in [-0.39, 0.29) is 40.3 Å². The average molecular weight is 582 g/mol. The van der Waals surface area contributed by atoms with Crippen LogP contribution in [0.3, 0.4) is 0 Å². The Labute approximate surface area is 255 Å². The molecule has 42 heavy (non-hydrogen) atoms. The second-order valence-corrected chi connectivity index (χ2v) is 16.8. The first-order valence-electron chi connectivity index (χ1n) is 16.6. The quantitative estimate of drug-likeness (QED) is 0.343. The monoisotopic (exact) mass is 581 g/mol. The number of hydrogen-bond acceptors (Lipinski definition) is 4. The largest absolute Gasteiger partial charge is 0.507 e. The maximum Gasteiger partial charge on any atom is 0.244 e. The summed E-state index contributed by atoms with van der Waals surface area (Å²) < 4.78 is 0. The number of piperazine rings is 1. The molecule has 3 N–H and O–H groups in total. The molecule has 3 fully saturated rings. The number of nitrogens with zero attached hydrogens (tertiary/aromatic N) is 1. The molecule has 1 aliphatic heterocycles. The fourth-order valence-corrected chi connectivity index (χ4v) is 7.97. The van der Waals surface area contributed by atoms with Gasteiger partial charge in [-0.05, 0) is 73.0 Å². The van der Waals surface area contributed by atoms with E-state index in [2.05, 4.69) is 92.0 Å². The van der Waals surface area contributed by atoms with Gasteiger partial charge in [0.25, 0.3) is 0 Å². The molecule has 236 valence electrons. The molecule has 2 aliphatic carbocycles. The molecule has 1 unspecified atom stereocenters. The van der Waals surface area contributed by atoms with Crippen LogP contribution in [0.2, 0.25) is 0 Å². The number of rotatable bonds is 5. The topological polar surface area (TPSA) is 81.7 Å². The van der Waals surface area contributed by atoms with Crippen LogP contribution in [0.5, 0.6) is 5.75 Å². The highest BCUT2D eigenvalue weighted by Crippen LogP contribution is 2.47. The minimum atomic E-state index is -0.700. The molecule has 1 spiro atoms. The van der Waals surface area contributed by atoms with Crippen LogP contribution in [0.4, 0.5) is 0 Å². The number of amides is 2. The molecule has 2 saturated carbocycles. The molecule has 0 aromatic heterocycles. The number of nitrogens with one attached hydrogen (secondary N) is 2. The molecule has 1 aromatic carbocycles. The van der Waals surface area contributed by atoms with E-state index in [0.717, 1.165) is 74.5 Å². The van der Waals surface area contributed by atoms with Crippen LogP contribution in [-0.2, 0) is 25.8 Å². The van der Waals surface area contributed by atoms with Crippen molar-refractivity contribution in [1.29, 1.82) is 0 Å². The van der Waals surface area contributed by atoms with Crippen molar-refractivity contribution in [3.8, 4) is 5.75 Å². The Kier molecular flexibility index (Phi) is 8.95. The van der Waals surface area contributed by atoms with Crippen molar-refractivity contribution in [3.63, 3.8) is 0 Å². The molecule has 1 saturated heterocycles. The van der Waals surface area contributed by atoms with Gasteiger partial charge in [0.15, 0.2) is 0 Å². The zero-order valence-electron chi connectivity index (χ0n) is 28.3. The smallest absolute Gasteiger partial charge is 0.244 e. The number of phenolic OH excluding ortho intramolecular Hbond substituents is 1. The van der Waals surface area contributed by atoms with Crippen LogP contribution in [0, 0.1) is 5.92 Å². The second-order valence-electron chi connectivity index (χ2n) is 16.8. The molecular formula is C36H59N3O3. The summed E-state index contributed by atoms with van der Waals surface area (Å²) in [5.41, 5.74) is 0.744. The summed E-state index contributed by atoms with van der Waals surface area (Å²) in [6, 6.07) is 4.21. The zero-order chi connectivity index (χ0) is 31.3. The van der Waals surface area contributed by atoms with Gasteiger partial charge in [-0.15, -0.1) is 0 Å². The first kappa shape index (κ1) is 32.8. The number of aromatic hydroxyl groups is 1. The van der Waals surface area contributed by atoms with Gasteiger partial charge in [0.05, 0.1) is 11.0 Å². The van der Waals surface area contributed by atoms with Gasteiger partial charge in [-0.25, -0.2) is 0 Å². The van der Waals surface area contributed by atoms with Crippen LogP contribution in [0.25, 0.3) is 0 Å². The van der Waals surface area contributed by atoms with Gasteiger partial charge >= 0.3 is 0 Å². The van der Waals surface area contributed by atoms with Crippen LogP contribution < -0.4 is 10.6 Å². The summed E-state index contributed by atoms with van der Waals surface area (Å²) >= 11 is 0. The lowest BCUT2D eigenvalue weighted by Crippen LogP contribution is -2.75. The lowest BCUT2D eigenvalue weighted by Gasteiger charge is -2.54. The van der Waals surface area contributed by atoms with E-state index in [1.54, 1.807) is 0 Å². The summed E-state index contributed by atoms with van der Waals surface area (Å²) in [7, 11) is 0. The maximum absolute atomic E-state index is 14.8. The van der Waals surface area contributed by atoms with Crippen molar-refractivity contribution < 1.29 is 14.7 Å². The predicted molar refractivity (Wildman–Crippen MR) is 172 cm³/mol. The van der Waals surface area contributed by atoms with E-state index in [1.807, 2.05) is 4.90 Å². The highest BCUT2D eigenvalue weighted by atomic mass is 16.3. The Bertz CT molecular complexity index is 1120. The molecule has 1 heterocycles. The molecule has 1 atom stereocenters. The van der Waals surface area contributed by atoms with Gasteiger partial charge in [0.1, 0.15) is 11.9 Å². The predicted octanol–water partition coefficient (Wildman–Crippen LogP) is 7.20. The molecule has 4 rings (SSSR count). The standard InChI is InChI=1S/C36H59N3O3/c1-24(2)29(39-23-34(9,10)38-36(31(39)42)19-15-12-16-20-36)37-30(41)35(17-13-11-14-18-35)25-21-26(32(3,4)5)28(40)27(22-25)33(6,7)8/h21-22,24,29,38,40H,11-20,23H2,1-10H3,(H,37,41). The van der Waals surface area contributed by atoms with Crippen LogP contribution in [0.1, 0.15) is 150 Å². The van der Waals surface area contributed by atoms with Crippen molar-refractivity contribution in [2.75, 3.05) is 6.54 Å². The van der Waals surface area contributed by atoms with Crippen LogP contribution >= 0.6 is 0 Å². The molecule has 6 nitrogen and oxygen atoms in total. The minimum Gasteiger partial charge on any atom is -0.507 e. The Morgan fingerprint density at radius 2 is 1.36 bits per heavy atom. The molecule has 1 aromatic rings. The Hall–Kier alpha value is -2.08. The fourth-order valence-electron chi connectivity index (χ4n) is 7.97. The Balaban J connectivity index is 1.78. The summed E-state index contributed by atoms with van der Waals surface area (Å²) in [4.78, 5) is 31.1. The summed E-state index contributed by atoms with van der Waals surface area (Å²) in [5.74, 6) is 0.570. The number of benzene rings is 1. The maximum atomic E-state index is 14.8. The van der Waals surface area contributed by atoms with Crippen molar-refractivity contribution in [2.24, 2.45) is 5.92 Å². The first-order valence-corrected chi connectivity index (χ1v) is 16.6. The van der Waals surface area contributed by atoms with E-state index < -0.39 is 11.0 Å². The number of carbonyl (C=O) groups excluding carboxylic acids is 2. The number of phenols is 1. The molecule has 6 heteroatoms. The van der Waals surface area contributed by atoms with Gasteiger partial charge in [-0.3, -0.25) is 14.9 Å². The third-order valence-electron chi connectivity index (χ3n) is 10.2. The number of hydrogen-bond donors (Lipinski definition) is 3. The lowest BCUT2D eigenvalue weighted by atomic mass is 9.66. The first-order chi connectivity index (χ1) is 19.3. The van der Waals surface area contributed by atoms with E-state index in [0.29, 0.717) is 12.3 Å². The Morgan fingerprint density at radius 1 is 0.881 bits per heavy atom. The van der Waals surface area contributed by atoms with Crippen molar-refractivity contribution in [2.45, 2.75) is 167 Å². The van der Waals surface area contributed by atoms with E-state index in [4.69, 9.17) is 0 Å². The van der Waals surface area contributed by atoms with E-state index in [1.165, 1.54) is 6.42 Å². The Morgan fingerprint density at radius 3 is 1.81 bits per heavy atom. The lowest BCUT2D eigenvalue weighted by molar-refractivity contribution is -0.154.